The molecule has 2 amide bonds. The number of hydrogen-bond acceptors (Lipinski definition) is 6. The lowest BCUT2D eigenvalue weighted by atomic mass is 10.2. The zero-order chi connectivity index (χ0) is 21.2. The minimum absolute atomic E-state index is 0.157. The van der Waals surface area contributed by atoms with Gasteiger partial charge in [0, 0.05) is 29.4 Å². The minimum atomic E-state index is -0.376. The second-order valence-corrected chi connectivity index (χ2v) is 6.92. The molecule has 0 radical (unpaired) electrons. The molecule has 0 fully saturated rings. The van der Waals surface area contributed by atoms with Gasteiger partial charge < -0.3 is 10.1 Å². The quantitative estimate of drug-likeness (QED) is 0.604. The fraction of sp³-hybridized carbons (Fsp3) is 0.0870. The molecule has 0 spiro atoms. The largest absolute Gasteiger partial charge is 0.489 e. The minimum Gasteiger partial charge on any atom is -0.489 e. The Labute approximate surface area is 176 Å². The van der Waals surface area contributed by atoms with E-state index in [0.29, 0.717) is 22.1 Å². The van der Waals surface area contributed by atoms with Crippen LogP contribution < -0.4 is 20.6 Å². The fourth-order valence-electron chi connectivity index (χ4n) is 3.41. The number of fused-ring (bicyclic) bond motifs is 3. The normalized spacial score (nSPS) is 18.1. The number of benzene rings is 2. The van der Waals surface area contributed by atoms with Gasteiger partial charge in [0.2, 0.25) is 5.91 Å². The molecule has 2 aliphatic heterocycles. The number of para-hydroxylation sites is 1. The molecule has 0 saturated heterocycles. The highest BCUT2D eigenvalue weighted by atomic mass is 16.5. The van der Waals surface area contributed by atoms with E-state index in [1.807, 2.05) is 42.5 Å². The summed E-state index contributed by atoms with van der Waals surface area (Å²) < 4.78 is 5.76. The van der Waals surface area contributed by atoms with Crippen LogP contribution in [0.25, 0.3) is 17.1 Å². The van der Waals surface area contributed by atoms with Crippen molar-refractivity contribution in [2.75, 3.05) is 6.61 Å². The molecule has 8 nitrogen and oxygen atoms in total. The van der Waals surface area contributed by atoms with Crippen LogP contribution in [0, 0.1) is 0 Å². The maximum absolute atomic E-state index is 12.6. The van der Waals surface area contributed by atoms with Gasteiger partial charge in [-0.05, 0) is 36.4 Å². The molecule has 31 heavy (non-hydrogen) atoms. The Kier molecular flexibility index (Phi) is 4.72. The molecule has 0 atom stereocenters. The van der Waals surface area contributed by atoms with Crippen molar-refractivity contribution in [3.8, 4) is 5.75 Å². The second-order valence-electron chi connectivity index (χ2n) is 6.92. The Balaban J connectivity index is 1.75. The van der Waals surface area contributed by atoms with Crippen molar-refractivity contribution in [2.24, 2.45) is 4.99 Å². The highest BCUT2D eigenvalue weighted by Gasteiger charge is 2.26. The van der Waals surface area contributed by atoms with E-state index in [1.54, 1.807) is 18.4 Å². The number of aromatic nitrogens is 2. The Bertz CT molecular complexity index is 1390. The number of nitrogens with zero attached hydrogens (tertiary/aromatic N) is 4. The van der Waals surface area contributed by atoms with Crippen molar-refractivity contribution in [3.63, 3.8) is 0 Å². The predicted molar refractivity (Wildman–Crippen MR) is 113 cm³/mol. The van der Waals surface area contributed by atoms with Crippen LogP contribution in [0.1, 0.15) is 6.42 Å². The third-order valence-electron chi connectivity index (χ3n) is 4.93. The van der Waals surface area contributed by atoms with E-state index in [1.165, 1.54) is 17.4 Å². The van der Waals surface area contributed by atoms with Gasteiger partial charge >= 0.3 is 0 Å². The Morgan fingerprint density at radius 1 is 1.06 bits per heavy atom. The van der Waals surface area contributed by atoms with Crippen molar-refractivity contribution in [2.45, 2.75) is 6.42 Å². The van der Waals surface area contributed by atoms with Crippen LogP contribution in [0.3, 0.4) is 0 Å². The summed E-state index contributed by atoms with van der Waals surface area (Å²) in [5.41, 5.74) is 1.01. The number of carbonyl (C=O) groups excluding carboxylic acids is 2. The number of hydrogen-bond donors (Lipinski definition) is 1. The van der Waals surface area contributed by atoms with Crippen molar-refractivity contribution in [1.29, 1.82) is 0 Å². The summed E-state index contributed by atoms with van der Waals surface area (Å²) in [6.45, 7) is 0.253. The van der Waals surface area contributed by atoms with Crippen LogP contribution >= 0.6 is 0 Å². The lowest BCUT2D eigenvalue weighted by Gasteiger charge is -2.14. The van der Waals surface area contributed by atoms with Crippen LogP contribution in [0.4, 0.5) is 5.82 Å². The van der Waals surface area contributed by atoms with Gasteiger partial charge in [-0.2, -0.15) is 0 Å². The lowest BCUT2D eigenvalue weighted by molar-refractivity contribution is -0.127. The van der Waals surface area contributed by atoms with Crippen molar-refractivity contribution >= 4 is 34.7 Å². The molecule has 152 valence electrons. The number of rotatable bonds is 0. The molecule has 5 rings (SSSR count). The van der Waals surface area contributed by atoms with Gasteiger partial charge in [0.1, 0.15) is 24.4 Å². The first kappa shape index (κ1) is 18.7. The zero-order valence-corrected chi connectivity index (χ0v) is 16.4. The van der Waals surface area contributed by atoms with E-state index in [-0.39, 0.29) is 30.5 Å². The molecular weight excluding hydrogens is 394 g/mol. The monoisotopic (exact) mass is 411 g/mol. The first-order chi connectivity index (χ1) is 15.2. The fourth-order valence-corrected chi connectivity index (χ4v) is 3.41. The van der Waals surface area contributed by atoms with Gasteiger partial charge in [0.15, 0.2) is 5.82 Å². The molecule has 1 aromatic heterocycles. The topological polar surface area (TPSA) is 96.8 Å². The summed E-state index contributed by atoms with van der Waals surface area (Å²) in [6, 6.07) is 12.9. The van der Waals surface area contributed by atoms with E-state index < -0.39 is 0 Å². The van der Waals surface area contributed by atoms with Gasteiger partial charge in [0.25, 0.3) is 5.91 Å². The summed E-state index contributed by atoms with van der Waals surface area (Å²) >= 11 is 0. The molecule has 3 aromatic rings. The smallest absolute Gasteiger partial charge is 0.271 e. The highest BCUT2D eigenvalue weighted by molar-refractivity contribution is 6.03. The van der Waals surface area contributed by atoms with Crippen LogP contribution in [-0.2, 0) is 9.59 Å². The average Bonchev–Trinajstić information content (AvgIpc) is 3.14. The van der Waals surface area contributed by atoms with Gasteiger partial charge in [-0.1, -0.05) is 18.2 Å². The molecule has 8 heteroatoms. The number of ether oxygens (including phenoxy) is 1. The average molecular weight is 411 g/mol. The summed E-state index contributed by atoms with van der Waals surface area (Å²) in [7, 11) is 0. The standard InChI is InChI=1S/C23H17N5O3/c29-21-9-8-20-23(30)24-10-3-11-31-16-6-7-19-17(12-16)22(26-14-25-19)27-18-5-2-1-4-15(18)13-28(20)21/h1-8,10,12-14H,9,11H2,(H,24,30)/b10-3+,15-13+,27-18?. The van der Waals surface area contributed by atoms with E-state index in [2.05, 4.69) is 15.3 Å². The highest BCUT2D eigenvalue weighted by Crippen LogP contribution is 2.26. The number of amides is 2. The van der Waals surface area contributed by atoms with Crippen LogP contribution in [0.2, 0.25) is 0 Å². The summed E-state index contributed by atoms with van der Waals surface area (Å²) in [5.74, 6) is 0.557. The lowest BCUT2D eigenvalue weighted by Crippen LogP contribution is -2.34. The van der Waals surface area contributed by atoms with Gasteiger partial charge in [-0.3, -0.25) is 14.5 Å². The molecule has 0 aliphatic carbocycles. The van der Waals surface area contributed by atoms with E-state index in [4.69, 9.17) is 9.73 Å². The second kappa shape index (κ2) is 7.83. The van der Waals surface area contributed by atoms with E-state index in [9.17, 15) is 9.59 Å². The summed E-state index contributed by atoms with van der Waals surface area (Å²) in [6.07, 6.45) is 8.05. The molecule has 1 N–H and O–H groups in total. The van der Waals surface area contributed by atoms with Gasteiger partial charge in [0.05, 0.1) is 10.9 Å². The number of carbonyl (C=O) groups is 2. The Morgan fingerprint density at radius 3 is 2.90 bits per heavy atom. The van der Waals surface area contributed by atoms with Gasteiger partial charge in [-0.25, -0.2) is 15.0 Å². The third kappa shape index (κ3) is 3.66. The molecule has 0 unspecified atom stereocenters. The molecule has 2 bridgehead atoms. The van der Waals surface area contributed by atoms with Gasteiger partial charge in [-0.15, -0.1) is 0 Å². The maximum atomic E-state index is 12.6. The van der Waals surface area contributed by atoms with Crippen LogP contribution in [-0.4, -0.2) is 33.3 Å². The summed E-state index contributed by atoms with van der Waals surface area (Å²) in [4.78, 5) is 39.8. The molecule has 2 aromatic carbocycles. The third-order valence-corrected chi connectivity index (χ3v) is 4.93. The Hall–Kier alpha value is -4.33. The molecule has 2 aliphatic rings. The zero-order valence-electron chi connectivity index (χ0n) is 16.4. The maximum Gasteiger partial charge on any atom is 0.271 e. The molecule has 0 saturated carbocycles. The first-order valence-corrected chi connectivity index (χ1v) is 9.70. The summed E-state index contributed by atoms with van der Waals surface area (Å²) in [5, 5.41) is 4.72. The predicted octanol–water partition coefficient (Wildman–Crippen LogP) is 1.46. The molecular formula is C23H17N5O3. The Morgan fingerprint density at radius 2 is 1.97 bits per heavy atom. The SMILES string of the molecule is O=C1N/C=C/COc2ccc3ncnc(c3c2)N=c2cccc/c2=C\N2C(=O)CC=C12. The van der Waals surface area contributed by atoms with Crippen molar-refractivity contribution in [3.05, 3.63) is 83.4 Å². The van der Waals surface area contributed by atoms with Crippen LogP contribution in [0.5, 0.6) is 5.75 Å². The van der Waals surface area contributed by atoms with E-state index >= 15 is 0 Å². The van der Waals surface area contributed by atoms with Crippen LogP contribution in [0.15, 0.2) is 77.8 Å². The van der Waals surface area contributed by atoms with Crippen molar-refractivity contribution < 1.29 is 14.3 Å². The number of nitrogens with one attached hydrogen (secondary N) is 1. The van der Waals surface area contributed by atoms with E-state index in [0.717, 1.165) is 10.9 Å². The first-order valence-electron chi connectivity index (χ1n) is 9.70. The van der Waals surface area contributed by atoms with Crippen molar-refractivity contribution in [1.82, 2.24) is 20.2 Å². The molecule has 3 heterocycles.